The Balaban J connectivity index is 3.00. The Morgan fingerprint density at radius 2 is 2.00 bits per heavy atom. The zero-order chi connectivity index (χ0) is 12.3. The van der Waals surface area contributed by atoms with Gasteiger partial charge in [-0.1, -0.05) is 17.7 Å². The van der Waals surface area contributed by atoms with Gasteiger partial charge in [0.05, 0.1) is 0 Å². The molecule has 0 aromatic carbocycles. The second-order valence-corrected chi connectivity index (χ2v) is 5.25. The van der Waals surface area contributed by atoms with E-state index in [4.69, 9.17) is 0 Å². The van der Waals surface area contributed by atoms with Crippen LogP contribution in [0.5, 0.6) is 0 Å². The summed E-state index contributed by atoms with van der Waals surface area (Å²) in [6.07, 6.45) is 1.47. The van der Waals surface area contributed by atoms with Crippen LogP contribution in [0.1, 0.15) is 33.0 Å². The molecule has 1 aromatic heterocycles. The van der Waals surface area contributed by atoms with Gasteiger partial charge in [-0.2, -0.15) is 8.42 Å². The third kappa shape index (κ3) is 3.01. The first-order valence-electron chi connectivity index (χ1n) is 5.23. The molecule has 0 radical (unpaired) electrons. The molecule has 0 saturated carbocycles. The Kier molecular flexibility index (Phi) is 4.01. The first-order chi connectivity index (χ1) is 7.36. The number of aryl methyl sites for hydroxylation is 1. The molecule has 7 heteroatoms. The van der Waals surface area contributed by atoms with E-state index in [1.807, 2.05) is 0 Å². The van der Waals surface area contributed by atoms with E-state index in [1.54, 1.807) is 6.92 Å². The van der Waals surface area contributed by atoms with Gasteiger partial charge in [-0.05, 0) is 19.3 Å². The zero-order valence-corrected chi connectivity index (χ0v) is 10.5. The quantitative estimate of drug-likeness (QED) is 0.742. The van der Waals surface area contributed by atoms with Crippen LogP contribution in [-0.4, -0.2) is 23.2 Å². The summed E-state index contributed by atoms with van der Waals surface area (Å²) in [5.41, 5.74) is 0. The molecule has 0 N–H and O–H groups in total. The van der Waals surface area contributed by atoms with Crippen molar-refractivity contribution in [3.8, 4) is 0 Å². The summed E-state index contributed by atoms with van der Waals surface area (Å²) in [5, 5.41) is 6.52. The van der Waals surface area contributed by atoms with E-state index in [1.165, 1.54) is 4.57 Å². The smallest absolute Gasteiger partial charge is 0.300 e. The summed E-state index contributed by atoms with van der Waals surface area (Å²) in [6, 6.07) is 0. The third-order valence-electron chi connectivity index (χ3n) is 2.27. The van der Waals surface area contributed by atoms with Crippen molar-refractivity contribution >= 4 is 10.2 Å². The van der Waals surface area contributed by atoms with Gasteiger partial charge in [0.2, 0.25) is 0 Å². The predicted octanol–water partition coefficient (Wildman–Crippen LogP) is 1.54. The highest BCUT2D eigenvalue weighted by atomic mass is 32.3. The average molecular weight is 249 g/mol. The van der Waals surface area contributed by atoms with Crippen molar-refractivity contribution in [3.05, 3.63) is 5.82 Å². The first-order valence-corrected chi connectivity index (χ1v) is 6.61. The fraction of sp³-hybridized carbons (Fsp3) is 0.778. The summed E-state index contributed by atoms with van der Waals surface area (Å²) < 4.78 is 35.7. The fourth-order valence-electron chi connectivity index (χ4n) is 1.42. The molecule has 0 spiro atoms. The average Bonchev–Trinajstić information content (AvgIpc) is 2.56. The highest BCUT2D eigenvalue weighted by Gasteiger charge is 2.22. The van der Waals surface area contributed by atoms with Crippen LogP contribution >= 0.6 is 0 Å². The SMILES string of the molecule is CCn1c(CCC(C)C)nnc1S(=O)(=O)F. The monoisotopic (exact) mass is 249 g/mol. The number of hydrogen-bond donors (Lipinski definition) is 0. The minimum absolute atomic E-state index is 0.346. The molecule has 16 heavy (non-hydrogen) atoms. The van der Waals surface area contributed by atoms with Crippen molar-refractivity contribution in [3.63, 3.8) is 0 Å². The molecule has 92 valence electrons. The number of nitrogens with zero attached hydrogens (tertiary/aromatic N) is 3. The van der Waals surface area contributed by atoms with E-state index >= 15 is 0 Å². The van der Waals surface area contributed by atoms with E-state index in [0.717, 1.165) is 6.42 Å². The second kappa shape index (κ2) is 4.90. The maximum absolute atomic E-state index is 12.8. The lowest BCUT2D eigenvalue weighted by Crippen LogP contribution is -2.09. The van der Waals surface area contributed by atoms with Gasteiger partial charge in [-0.15, -0.1) is 10.2 Å². The molecule has 0 fully saturated rings. The number of aromatic nitrogens is 3. The van der Waals surface area contributed by atoms with Gasteiger partial charge in [0.1, 0.15) is 5.82 Å². The normalized spacial score (nSPS) is 12.3. The minimum atomic E-state index is -4.77. The van der Waals surface area contributed by atoms with E-state index < -0.39 is 15.4 Å². The van der Waals surface area contributed by atoms with Crippen LogP contribution in [0.4, 0.5) is 3.89 Å². The van der Waals surface area contributed by atoms with Crippen molar-refractivity contribution in [2.24, 2.45) is 5.92 Å². The Morgan fingerprint density at radius 3 is 2.44 bits per heavy atom. The summed E-state index contributed by atoms with van der Waals surface area (Å²) in [4.78, 5) is 0. The molecule has 0 atom stereocenters. The second-order valence-electron chi connectivity index (χ2n) is 4.01. The maximum Gasteiger partial charge on any atom is 0.368 e. The summed E-state index contributed by atoms with van der Waals surface area (Å²) in [5.74, 6) is 1.000. The Hall–Kier alpha value is -0.980. The van der Waals surface area contributed by atoms with Gasteiger partial charge >= 0.3 is 10.2 Å². The van der Waals surface area contributed by atoms with E-state index in [0.29, 0.717) is 24.7 Å². The number of rotatable bonds is 5. The largest absolute Gasteiger partial charge is 0.368 e. The van der Waals surface area contributed by atoms with Crippen LogP contribution in [0.3, 0.4) is 0 Å². The van der Waals surface area contributed by atoms with E-state index in [9.17, 15) is 12.3 Å². The zero-order valence-electron chi connectivity index (χ0n) is 9.64. The molecule has 5 nitrogen and oxygen atoms in total. The molecule has 0 aliphatic carbocycles. The minimum Gasteiger partial charge on any atom is -0.300 e. The van der Waals surface area contributed by atoms with Crippen LogP contribution < -0.4 is 0 Å². The topological polar surface area (TPSA) is 64.8 Å². The standard InChI is InChI=1S/C9H16FN3O2S/c1-4-13-8(6-5-7(2)3)11-12-9(13)16(10,14)15/h7H,4-6H2,1-3H3. The lowest BCUT2D eigenvalue weighted by Gasteiger charge is -2.06. The predicted molar refractivity (Wildman–Crippen MR) is 57.1 cm³/mol. The molecule has 0 aliphatic heterocycles. The Labute approximate surface area is 94.9 Å². The lowest BCUT2D eigenvalue weighted by atomic mass is 10.1. The molecule has 0 bridgehead atoms. The number of hydrogen-bond acceptors (Lipinski definition) is 4. The molecule has 0 unspecified atom stereocenters. The molecule has 0 amide bonds. The van der Waals surface area contributed by atoms with Gasteiger partial charge < -0.3 is 0 Å². The van der Waals surface area contributed by atoms with Crippen LogP contribution in [0.2, 0.25) is 0 Å². The van der Waals surface area contributed by atoms with Crippen molar-refractivity contribution in [2.45, 2.75) is 45.3 Å². The van der Waals surface area contributed by atoms with Gasteiger partial charge in [-0.3, -0.25) is 4.57 Å². The van der Waals surface area contributed by atoms with Gasteiger partial charge in [0.15, 0.2) is 0 Å². The lowest BCUT2D eigenvalue weighted by molar-refractivity contribution is 0.515. The number of halogens is 1. The Morgan fingerprint density at radius 1 is 1.38 bits per heavy atom. The molecule has 0 saturated heterocycles. The van der Waals surface area contributed by atoms with E-state index in [2.05, 4.69) is 24.0 Å². The molecular weight excluding hydrogens is 233 g/mol. The molecule has 1 heterocycles. The fourth-order valence-corrected chi connectivity index (χ4v) is 2.06. The summed E-state index contributed by atoms with van der Waals surface area (Å²) >= 11 is 0. The molecule has 1 aromatic rings. The maximum atomic E-state index is 12.8. The van der Waals surface area contributed by atoms with Gasteiger partial charge in [-0.25, -0.2) is 0 Å². The van der Waals surface area contributed by atoms with Crippen LogP contribution in [-0.2, 0) is 23.2 Å². The highest BCUT2D eigenvalue weighted by Crippen LogP contribution is 2.14. The third-order valence-corrected chi connectivity index (χ3v) is 3.01. The van der Waals surface area contributed by atoms with Crippen molar-refractivity contribution in [1.82, 2.24) is 14.8 Å². The van der Waals surface area contributed by atoms with Crippen molar-refractivity contribution < 1.29 is 12.3 Å². The van der Waals surface area contributed by atoms with Crippen LogP contribution in [0.15, 0.2) is 5.16 Å². The van der Waals surface area contributed by atoms with Gasteiger partial charge in [0, 0.05) is 13.0 Å². The van der Waals surface area contributed by atoms with Gasteiger partial charge in [0.25, 0.3) is 5.16 Å². The first kappa shape index (κ1) is 13.1. The molecular formula is C9H16FN3O2S. The van der Waals surface area contributed by atoms with Crippen molar-refractivity contribution in [1.29, 1.82) is 0 Å². The van der Waals surface area contributed by atoms with E-state index in [-0.39, 0.29) is 0 Å². The van der Waals surface area contributed by atoms with Crippen LogP contribution in [0, 0.1) is 5.92 Å². The highest BCUT2D eigenvalue weighted by molar-refractivity contribution is 7.86. The molecule has 0 aliphatic rings. The summed E-state index contributed by atoms with van der Waals surface area (Å²) in [6.45, 7) is 6.19. The van der Waals surface area contributed by atoms with Crippen LogP contribution in [0.25, 0.3) is 0 Å². The summed E-state index contributed by atoms with van der Waals surface area (Å²) in [7, 11) is -4.77. The molecule has 1 rings (SSSR count). The Bertz CT molecular complexity index is 453. The van der Waals surface area contributed by atoms with Crippen molar-refractivity contribution in [2.75, 3.05) is 0 Å².